The zero-order valence-corrected chi connectivity index (χ0v) is 9.06. The molecule has 6 heteroatoms. The molecule has 0 radical (unpaired) electrons. The van der Waals surface area contributed by atoms with Crippen LogP contribution in [0.3, 0.4) is 0 Å². The molecule has 0 spiro atoms. The van der Waals surface area contributed by atoms with Gasteiger partial charge in [-0.2, -0.15) is 0 Å². The first kappa shape index (κ1) is 10.0. The maximum atomic E-state index is 10.9. The van der Waals surface area contributed by atoms with Crippen molar-refractivity contribution >= 4 is 29.5 Å². The van der Waals surface area contributed by atoms with Crippen LogP contribution >= 0.6 is 23.6 Å². The predicted molar refractivity (Wildman–Crippen MR) is 59.7 cm³/mol. The normalized spacial score (nSPS) is 10.1. The Hall–Kier alpha value is -1.53. The Kier molecular flexibility index (Phi) is 2.61. The summed E-state index contributed by atoms with van der Waals surface area (Å²) in [7, 11) is 0. The first-order valence-corrected chi connectivity index (χ1v) is 5.28. The minimum Gasteiger partial charge on any atom is -0.477 e. The molecule has 0 atom stereocenters. The second-order valence-electron chi connectivity index (χ2n) is 2.77. The molecular weight excluding hydrogens is 232 g/mol. The first-order valence-electron chi connectivity index (χ1n) is 4.05. The Labute approximate surface area is 94.2 Å². The Morgan fingerprint density at radius 2 is 2.40 bits per heavy atom. The van der Waals surface area contributed by atoms with Crippen molar-refractivity contribution in [1.29, 1.82) is 0 Å². The highest BCUT2D eigenvalue weighted by Gasteiger charge is 2.14. The Bertz CT molecular complexity index is 545. The van der Waals surface area contributed by atoms with Crippen LogP contribution in [0.4, 0.5) is 0 Å². The molecule has 2 N–H and O–H groups in total. The van der Waals surface area contributed by atoms with Gasteiger partial charge >= 0.3 is 5.97 Å². The maximum absolute atomic E-state index is 10.9. The van der Waals surface area contributed by atoms with E-state index in [4.69, 9.17) is 17.3 Å². The summed E-state index contributed by atoms with van der Waals surface area (Å²) < 4.78 is 0.450. The van der Waals surface area contributed by atoms with E-state index in [1.165, 1.54) is 11.3 Å². The summed E-state index contributed by atoms with van der Waals surface area (Å²) in [5.74, 6) is -1.01. The summed E-state index contributed by atoms with van der Waals surface area (Å²) in [6, 6.07) is 3.55. The quantitative estimate of drug-likeness (QED) is 0.789. The lowest BCUT2D eigenvalue weighted by molar-refractivity contribution is 0.0692. The molecule has 4 nitrogen and oxygen atoms in total. The van der Waals surface area contributed by atoms with Gasteiger partial charge in [-0.25, -0.2) is 4.79 Å². The number of pyridine rings is 1. The Balaban J connectivity index is 2.63. The number of carboxylic acids is 1. The highest BCUT2D eigenvalue weighted by Crippen LogP contribution is 2.27. The molecule has 0 unspecified atom stereocenters. The predicted octanol–water partition coefficient (Wildman–Crippen LogP) is 2.57. The van der Waals surface area contributed by atoms with E-state index in [1.54, 1.807) is 24.5 Å². The summed E-state index contributed by atoms with van der Waals surface area (Å²) in [6.45, 7) is 0. The number of carbonyl (C=O) groups is 1. The van der Waals surface area contributed by atoms with E-state index in [0.717, 1.165) is 5.56 Å². The zero-order valence-electron chi connectivity index (χ0n) is 7.43. The van der Waals surface area contributed by atoms with Crippen molar-refractivity contribution in [1.82, 2.24) is 9.97 Å². The standard InChI is InChI=1S/C9H6N2O2S2/c12-8(13)6-7(15-9(14)11-6)5-2-1-3-10-4-5/h1-4H,(H,11,14)(H,12,13). The molecule has 2 rings (SSSR count). The number of thiazole rings is 1. The number of aromatic amines is 1. The largest absolute Gasteiger partial charge is 0.477 e. The van der Waals surface area contributed by atoms with Crippen molar-refractivity contribution in [2.45, 2.75) is 0 Å². The molecule has 76 valence electrons. The number of nitrogens with zero attached hydrogens (tertiary/aromatic N) is 1. The van der Waals surface area contributed by atoms with Crippen molar-refractivity contribution in [3.05, 3.63) is 34.2 Å². The summed E-state index contributed by atoms with van der Waals surface area (Å²) in [6.07, 6.45) is 3.25. The number of carboxylic acid groups (broad SMARTS) is 1. The van der Waals surface area contributed by atoms with E-state index >= 15 is 0 Å². The number of aromatic nitrogens is 2. The van der Waals surface area contributed by atoms with Crippen LogP contribution in [-0.2, 0) is 0 Å². The summed E-state index contributed by atoms with van der Waals surface area (Å²) in [5, 5.41) is 8.95. The van der Waals surface area contributed by atoms with Gasteiger partial charge in [0.05, 0.1) is 4.88 Å². The lowest BCUT2D eigenvalue weighted by Crippen LogP contribution is -1.98. The van der Waals surface area contributed by atoms with Gasteiger partial charge in [-0.1, -0.05) is 6.07 Å². The second-order valence-corrected chi connectivity index (χ2v) is 4.45. The van der Waals surface area contributed by atoms with Crippen LogP contribution in [0.2, 0.25) is 0 Å². The van der Waals surface area contributed by atoms with E-state index in [0.29, 0.717) is 8.83 Å². The van der Waals surface area contributed by atoms with Crippen molar-refractivity contribution in [2.24, 2.45) is 0 Å². The maximum Gasteiger partial charge on any atom is 0.353 e. The van der Waals surface area contributed by atoms with Crippen LogP contribution in [0, 0.1) is 3.95 Å². The minimum absolute atomic E-state index is 0.123. The van der Waals surface area contributed by atoms with Gasteiger partial charge < -0.3 is 10.1 Å². The van der Waals surface area contributed by atoms with Gasteiger partial charge in [-0.3, -0.25) is 4.98 Å². The number of hydrogen-bond donors (Lipinski definition) is 2. The fourth-order valence-corrected chi connectivity index (χ4v) is 2.35. The van der Waals surface area contributed by atoms with Gasteiger partial charge in [0.25, 0.3) is 0 Å². The third-order valence-electron chi connectivity index (χ3n) is 1.79. The van der Waals surface area contributed by atoms with Crippen LogP contribution in [-0.4, -0.2) is 21.0 Å². The average Bonchev–Trinajstić information content (AvgIpc) is 2.62. The molecule has 2 aromatic rings. The summed E-state index contributed by atoms with van der Waals surface area (Å²) >= 11 is 6.15. The molecule has 0 aliphatic heterocycles. The highest BCUT2D eigenvalue weighted by atomic mass is 32.1. The van der Waals surface area contributed by atoms with E-state index in [9.17, 15) is 4.79 Å². The topological polar surface area (TPSA) is 66.0 Å². The van der Waals surface area contributed by atoms with Crippen LogP contribution in [0.5, 0.6) is 0 Å². The summed E-state index contributed by atoms with van der Waals surface area (Å²) in [4.78, 5) is 18.1. The number of rotatable bonds is 2. The third kappa shape index (κ3) is 1.95. The van der Waals surface area contributed by atoms with Crippen molar-refractivity contribution in [3.8, 4) is 10.4 Å². The van der Waals surface area contributed by atoms with Crippen molar-refractivity contribution in [3.63, 3.8) is 0 Å². The van der Waals surface area contributed by atoms with E-state index in [2.05, 4.69) is 9.97 Å². The van der Waals surface area contributed by atoms with E-state index in [1.807, 2.05) is 0 Å². The highest BCUT2D eigenvalue weighted by molar-refractivity contribution is 7.73. The zero-order chi connectivity index (χ0) is 10.8. The molecule has 0 saturated carbocycles. The molecule has 0 aromatic carbocycles. The Morgan fingerprint density at radius 3 is 3.00 bits per heavy atom. The van der Waals surface area contributed by atoms with Crippen molar-refractivity contribution < 1.29 is 9.90 Å². The monoisotopic (exact) mass is 238 g/mol. The molecule has 0 amide bonds. The SMILES string of the molecule is O=C(O)c1[nH]c(=S)sc1-c1cccnc1. The van der Waals surface area contributed by atoms with Gasteiger partial charge in [-0.15, -0.1) is 11.3 Å². The fraction of sp³-hybridized carbons (Fsp3) is 0. The summed E-state index contributed by atoms with van der Waals surface area (Å²) in [5.41, 5.74) is 0.880. The lowest BCUT2D eigenvalue weighted by atomic mass is 10.2. The molecule has 15 heavy (non-hydrogen) atoms. The molecule has 2 aromatic heterocycles. The van der Waals surface area contributed by atoms with Crippen LogP contribution in [0.15, 0.2) is 24.5 Å². The number of aromatic carboxylic acids is 1. The number of nitrogens with one attached hydrogen (secondary N) is 1. The lowest BCUT2D eigenvalue weighted by Gasteiger charge is -1.97. The van der Waals surface area contributed by atoms with Gasteiger partial charge in [0.2, 0.25) is 0 Å². The smallest absolute Gasteiger partial charge is 0.353 e. The van der Waals surface area contributed by atoms with Gasteiger partial charge in [-0.05, 0) is 18.3 Å². The molecule has 2 heterocycles. The number of H-pyrrole nitrogens is 1. The Morgan fingerprint density at radius 1 is 1.60 bits per heavy atom. The molecule has 0 aliphatic rings. The molecular formula is C9H6N2O2S2. The molecule has 0 fully saturated rings. The first-order chi connectivity index (χ1) is 7.18. The van der Waals surface area contributed by atoms with E-state index in [-0.39, 0.29) is 5.69 Å². The second kappa shape index (κ2) is 3.92. The van der Waals surface area contributed by atoms with Gasteiger partial charge in [0, 0.05) is 18.0 Å². The van der Waals surface area contributed by atoms with Crippen LogP contribution in [0.1, 0.15) is 10.5 Å². The number of hydrogen-bond acceptors (Lipinski definition) is 4. The fourth-order valence-electron chi connectivity index (χ4n) is 1.18. The molecule has 0 saturated heterocycles. The van der Waals surface area contributed by atoms with Gasteiger partial charge in [0.1, 0.15) is 5.69 Å². The molecule has 0 aliphatic carbocycles. The molecule has 0 bridgehead atoms. The minimum atomic E-state index is -1.01. The van der Waals surface area contributed by atoms with Crippen LogP contribution < -0.4 is 0 Å². The third-order valence-corrected chi connectivity index (χ3v) is 3.07. The van der Waals surface area contributed by atoms with Crippen LogP contribution in [0.25, 0.3) is 10.4 Å². The van der Waals surface area contributed by atoms with Crippen molar-refractivity contribution in [2.75, 3.05) is 0 Å². The van der Waals surface area contributed by atoms with Gasteiger partial charge in [0.15, 0.2) is 3.95 Å². The van der Waals surface area contributed by atoms with E-state index < -0.39 is 5.97 Å². The average molecular weight is 238 g/mol.